The number of rotatable bonds is 0. The second-order valence-corrected chi connectivity index (χ2v) is 8.61. The van der Waals surface area contributed by atoms with E-state index in [0.29, 0.717) is 0 Å². The molecule has 4 aromatic carbocycles. The van der Waals surface area contributed by atoms with Gasteiger partial charge in [-0.3, -0.25) is 0 Å². The highest BCUT2D eigenvalue weighted by Gasteiger charge is 2.26. The van der Waals surface area contributed by atoms with Crippen molar-refractivity contribution >= 4 is 59.8 Å². The molecule has 0 bridgehead atoms. The number of benzene rings is 4. The molecule has 0 aliphatic heterocycles. The Balaban J connectivity index is 2.04. The SMILES string of the molecule is Cc1ccc2cc3ccccc3c3c2c1c1c2c(cc(C)[n+]1C)c1ccccc1n32. The molecule has 0 aliphatic rings. The van der Waals surface area contributed by atoms with E-state index in [1.807, 2.05) is 0 Å². The summed E-state index contributed by atoms with van der Waals surface area (Å²) in [4.78, 5) is 0. The molecule has 0 amide bonds. The van der Waals surface area contributed by atoms with Crippen LogP contribution in [0.25, 0.3) is 59.8 Å². The van der Waals surface area contributed by atoms with E-state index in [1.54, 1.807) is 0 Å². The van der Waals surface area contributed by atoms with Gasteiger partial charge in [0, 0.05) is 34.5 Å². The zero-order chi connectivity index (χ0) is 20.1. The maximum atomic E-state index is 2.52. The molecule has 0 fully saturated rings. The van der Waals surface area contributed by atoms with E-state index in [9.17, 15) is 0 Å². The van der Waals surface area contributed by atoms with Crippen molar-refractivity contribution in [3.05, 3.63) is 84.1 Å². The number of hydrogen-bond acceptors (Lipinski definition) is 0. The third-order valence-electron chi connectivity index (χ3n) is 7.03. The van der Waals surface area contributed by atoms with E-state index in [1.165, 1.54) is 71.0 Å². The van der Waals surface area contributed by atoms with E-state index >= 15 is 0 Å². The molecule has 0 N–H and O–H groups in total. The van der Waals surface area contributed by atoms with Crippen molar-refractivity contribution in [2.75, 3.05) is 0 Å². The lowest BCUT2D eigenvalue weighted by Crippen LogP contribution is -2.33. The molecule has 3 heterocycles. The molecule has 0 radical (unpaired) electrons. The fourth-order valence-corrected chi connectivity index (χ4v) is 5.58. The Bertz CT molecular complexity index is 1820. The first-order valence-electron chi connectivity index (χ1n) is 10.5. The maximum absolute atomic E-state index is 2.52. The van der Waals surface area contributed by atoms with Gasteiger partial charge in [0.05, 0.1) is 16.4 Å². The van der Waals surface area contributed by atoms with Gasteiger partial charge in [-0.1, -0.05) is 54.6 Å². The van der Waals surface area contributed by atoms with Gasteiger partial charge < -0.3 is 4.40 Å². The molecule has 30 heavy (non-hydrogen) atoms. The number of para-hydroxylation sites is 1. The van der Waals surface area contributed by atoms with E-state index in [4.69, 9.17) is 0 Å². The molecule has 0 saturated heterocycles. The normalized spacial score (nSPS) is 12.5. The third-order valence-corrected chi connectivity index (χ3v) is 7.03. The molecule has 3 aromatic heterocycles. The number of aromatic nitrogens is 2. The van der Waals surface area contributed by atoms with Gasteiger partial charge in [0.15, 0.2) is 5.69 Å². The summed E-state index contributed by atoms with van der Waals surface area (Å²) < 4.78 is 4.90. The quantitative estimate of drug-likeness (QED) is 0.158. The van der Waals surface area contributed by atoms with Crippen LogP contribution in [0, 0.1) is 13.8 Å². The molecule has 0 saturated carbocycles. The van der Waals surface area contributed by atoms with Crippen LogP contribution in [-0.2, 0) is 7.05 Å². The van der Waals surface area contributed by atoms with Crippen molar-refractivity contribution in [2.24, 2.45) is 7.05 Å². The Kier molecular flexibility index (Phi) is 2.85. The van der Waals surface area contributed by atoms with Crippen molar-refractivity contribution < 1.29 is 4.57 Å². The molecule has 142 valence electrons. The van der Waals surface area contributed by atoms with Crippen LogP contribution in [0.3, 0.4) is 0 Å². The van der Waals surface area contributed by atoms with Crippen LogP contribution < -0.4 is 4.57 Å². The van der Waals surface area contributed by atoms with Crippen LogP contribution in [0.4, 0.5) is 0 Å². The standard InChI is InChI=1S/C28H21N2/c1-16-12-13-19-15-18-8-4-5-9-20(18)26-25(19)24(16)28-27-22(14-17(2)29(28)3)21-10-6-7-11-23(21)30(26)27/h4-15H,1-3H3/q+1. The summed E-state index contributed by atoms with van der Waals surface area (Å²) in [7, 11) is 2.20. The molecule has 0 aliphatic carbocycles. The van der Waals surface area contributed by atoms with Gasteiger partial charge in [-0.15, -0.1) is 0 Å². The highest BCUT2D eigenvalue weighted by molar-refractivity contribution is 6.30. The molecular weight excluding hydrogens is 364 g/mol. The average Bonchev–Trinajstić information content (AvgIpc) is 3.09. The van der Waals surface area contributed by atoms with Crippen molar-refractivity contribution in [1.82, 2.24) is 4.40 Å². The topological polar surface area (TPSA) is 8.29 Å². The fourth-order valence-electron chi connectivity index (χ4n) is 5.58. The average molecular weight is 385 g/mol. The Hall–Kier alpha value is -3.65. The molecule has 0 unspecified atom stereocenters. The Morgan fingerprint density at radius 2 is 1.43 bits per heavy atom. The van der Waals surface area contributed by atoms with Crippen LogP contribution in [0.5, 0.6) is 0 Å². The van der Waals surface area contributed by atoms with Gasteiger partial charge >= 0.3 is 0 Å². The zero-order valence-corrected chi connectivity index (χ0v) is 17.3. The number of aryl methyl sites for hydroxylation is 3. The molecule has 2 nitrogen and oxygen atoms in total. The predicted octanol–water partition coefficient (Wildman–Crippen LogP) is 6.58. The second-order valence-electron chi connectivity index (χ2n) is 8.61. The monoisotopic (exact) mass is 385 g/mol. The molecule has 7 aromatic rings. The van der Waals surface area contributed by atoms with Crippen LogP contribution in [0.15, 0.2) is 72.8 Å². The number of hydrogen-bond donors (Lipinski definition) is 0. The van der Waals surface area contributed by atoms with Gasteiger partial charge in [-0.05, 0) is 35.4 Å². The summed E-state index contributed by atoms with van der Waals surface area (Å²) in [6, 6.07) is 26.9. The van der Waals surface area contributed by atoms with Gasteiger partial charge in [-0.2, -0.15) is 4.57 Å². The molecule has 0 spiro atoms. The first kappa shape index (κ1) is 16.2. The van der Waals surface area contributed by atoms with E-state index < -0.39 is 0 Å². The van der Waals surface area contributed by atoms with Crippen LogP contribution in [0.2, 0.25) is 0 Å². The summed E-state index contributed by atoms with van der Waals surface area (Å²) in [6.07, 6.45) is 0. The smallest absolute Gasteiger partial charge is 0.238 e. The van der Waals surface area contributed by atoms with E-state index in [2.05, 4.69) is 103 Å². The first-order valence-corrected chi connectivity index (χ1v) is 10.5. The third kappa shape index (κ3) is 1.74. The summed E-state index contributed by atoms with van der Waals surface area (Å²) in [6.45, 7) is 4.47. The number of pyridine rings is 2. The largest absolute Gasteiger partial charge is 0.302 e. The summed E-state index contributed by atoms with van der Waals surface area (Å²) >= 11 is 0. The van der Waals surface area contributed by atoms with Crippen LogP contribution in [-0.4, -0.2) is 4.40 Å². The Labute approximate surface area is 173 Å². The van der Waals surface area contributed by atoms with Crippen LogP contribution in [0.1, 0.15) is 11.3 Å². The molecular formula is C28H21N2+. The summed E-state index contributed by atoms with van der Waals surface area (Å²) in [5.41, 5.74) is 7.86. The van der Waals surface area contributed by atoms with Gasteiger partial charge in [-0.25, -0.2) is 0 Å². The van der Waals surface area contributed by atoms with Gasteiger partial charge in [0.1, 0.15) is 12.6 Å². The number of fused-ring (bicyclic) bond motifs is 7. The summed E-state index contributed by atoms with van der Waals surface area (Å²) in [5, 5.41) is 9.32. The minimum absolute atomic E-state index is 1.28. The van der Waals surface area contributed by atoms with Gasteiger partial charge in [0.25, 0.3) is 0 Å². The first-order chi connectivity index (χ1) is 14.6. The minimum atomic E-state index is 1.28. The lowest BCUT2D eigenvalue weighted by molar-refractivity contribution is -0.650. The van der Waals surface area contributed by atoms with Gasteiger partial charge in [0.2, 0.25) is 5.52 Å². The Morgan fingerprint density at radius 1 is 0.667 bits per heavy atom. The van der Waals surface area contributed by atoms with E-state index in [0.717, 1.165) is 0 Å². The number of nitrogens with zero attached hydrogens (tertiary/aromatic N) is 2. The highest BCUT2D eigenvalue weighted by Crippen LogP contribution is 2.42. The Morgan fingerprint density at radius 3 is 2.30 bits per heavy atom. The summed E-state index contributed by atoms with van der Waals surface area (Å²) in [5.74, 6) is 0. The zero-order valence-electron chi connectivity index (χ0n) is 17.3. The lowest BCUT2D eigenvalue weighted by Gasteiger charge is -2.16. The van der Waals surface area contributed by atoms with Crippen molar-refractivity contribution in [2.45, 2.75) is 13.8 Å². The maximum Gasteiger partial charge on any atom is 0.238 e. The second kappa shape index (κ2) is 5.28. The van der Waals surface area contributed by atoms with Crippen molar-refractivity contribution in [3.63, 3.8) is 0 Å². The van der Waals surface area contributed by atoms with Crippen molar-refractivity contribution in [3.8, 4) is 0 Å². The molecule has 7 rings (SSSR count). The van der Waals surface area contributed by atoms with Crippen LogP contribution >= 0.6 is 0 Å². The fraction of sp³-hybridized carbons (Fsp3) is 0.107. The van der Waals surface area contributed by atoms with Crippen molar-refractivity contribution in [1.29, 1.82) is 0 Å². The minimum Gasteiger partial charge on any atom is -0.302 e. The molecule has 2 heteroatoms. The lowest BCUT2D eigenvalue weighted by atomic mass is 9.94. The molecule has 0 atom stereocenters. The predicted molar refractivity (Wildman–Crippen MR) is 127 cm³/mol. The van der Waals surface area contributed by atoms with E-state index in [-0.39, 0.29) is 0 Å². The highest BCUT2D eigenvalue weighted by atomic mass is 15.0.